The fourth-order valence-electron chi connectivity index (χ4n) is 5.45. The largest absolute Gasteiger partial charge is 0.497 e. The summed E-state index contributed by atoms with van der Waals surface area (Å²) in [6.45, 7) is 2.62. The summed E-state index contributed by atoms with van der Waals surface area (Å²) in [7, 11) is 1.56. The van der Waals surface area contributed by atoms with Gasteiger partial charge in [-0.2, -0.15) is 0 Å². The number of hydrogen-bond donors (Lipinski definition) is 1. The van der Waals surface area contributed by atoms with Crippen molar-refractivity contribution in [3.63, 3.8) is 0 Å². The number of carbonyl (C=O) groups is 1. The number of methoxy groups -OCH3 is 1. The Labute approximate surface area is 193 Å². The Kier molecular flexibility index (Phi) is 7.21. The molecule has 0 spiro atoms. The summed E-state index contributed by atoms with van der Waals surface area (Å²) >= 11 is 6.35. The van der Waals surface area contributed by atoms with E-state index < -0.39 is 17.6 Å². The Morgan fingerprint density at radius 3 is 2.72 bits per heavy atom. The van der Waals surface area contributed by atoms with E-state index in [0.29, 0.717) is 41.5 Å². The van der Waals surface area contributed by atoms with Crippen LogP contribution in [0.3, 0.4) is 0 Å². The highest BCUT2D eigenvalue weighted by Gasteiger charge is 2.42. The van der Waals surface area contributed by atoms with E-state index in [1.807, 2.05) is 0 Å². The number of benzene rings is 1. The van der Waals surface area contributed by atoms with Crippen LogP contribution in [0.2, 0.25) is 5.02 Å². The zero-order valence-corrected chi connectivity index (χ0v) is 19.4. The van der Waals surface area contributed by atoms with Crippen molar-refractivity contribution in [3.05, 3.63) is 35.0 Å². The number of carboxylic acid groups (broad SMARTS) is 1. The third-order valence-corrected chi connectivity index (χ3v) is 7.82. The summed E-state index contributed by atoms with van der Waals surface area (Å²) < 4.78 is 20.8. The lowest BCUT2D eigenvalue weighted by Gasteiger charge is -2.40. The summed E-state index contributed by atoms with van der Waals surface area (Å²) in [5.74, 6) is 0.547. The summed E-state index contributed by atoms with van der Waals surface area (Å²) in [5.41, 5.74) is 0.138. The van der Waals surface area contributed by atoms with Gasteiger partial charge in [-0.25, -0.2) is 4.39 Å². The molecule has 1 saturated carbocycles. The quantitative estimate of drug-likeness (QED) is 0.517. The lowest BCUT2D eigenvalue weighted by Crippen LogP contribution is -2.45. The molecule has 2 aliphatic rings. The van der Waals surface area contributed by atoms with Crippen LogP contribution in [0.1, 0.15) is 63.1 Å². The van der Waals surface area contributed by atoms with E-state index in [-0.39, 0.29) is 11.4 Å². The molecule has 1 aromatic carbocycles. The van der Waals surface area contributed by atoms with Crippen molar-refractivity contribution in [2.45, 2.75) is 57.5 Å². The topological polar surface area (TPSA) is 62.7 Å². The lowest BCUT2D eigenvalue weighted by atomic mass is 9.74. The first-order valence-electron chi connectivity index (χ1n) is 11.6. The van der Waals surface area contributed by atoms with Gasteiger partial charge in [0.25, 0.3) is 0 Å². The number of hydrogen-bond acceptors (Lipinski definition) is 4. The second kappa shape index (κ2) is 9.92. The number of nitrogens with zero attached hydrogens (tertiary/aromatic N) is 2. The van der Waals surface area contributed by atoms with E-state index in [1.165, 1.54) is 31.9 Å². The van der Waals surface area contributed by atoms with Crippen LogP contribution in [0.15, 0.2) is 24.4 Å². The van der Waals surface area contributed by atoms with Gasteiger partial charge >= 0.3 is 5.97 Å². The van der Waals surface area contributed by atoms with Crippen molar-refractivity contribution in [2.24, 2.45) is 11.3 Å². The predicted molar refractivity (Wildman–Crippen MR) is 124 cm³/mol. The molecule has 7 heteroatoms. The molecule has 4 rings (SSSR count). The summed E-state index contributed by atoms with van der Waals surface area (Å²) in [4.78, 5) is 18.9. The highest BCUT2D eigenvalue weighted by atomic mass is 35.5. The summed E-state index contributed by atoms with van der Waals surface area (Å²) in [6.07, 6.45) is 6.85. The number of carboxylic acids is 1. The van der Waals surface area contributed by atoms with E-state index >= 15 is 4.39 Å². The van der Waals surface area contributed by atoms with Gasteiger partial charge in [-0.1, -0.05) is 24.4 Å². The van der Waals surface area contributed by atoms with Crippen molar-refractivity contribution in [1.82, 2.24) is 9.88 Å². The van der Waals surface area contributed by atoms with Gasteiger partial charge in [0.2, 0.25) is 0 Å². The Balaban J connectivity index is 1.45. The van der Waals surface area contributed by atoms with Crippen molar-refractivity contribution in [2.75, 3.05) is 26.7 Å². The van der Waals surface area contributed by atoms with Gasteiger partial charge in [-0.3, -0.25) is 9.78 Å². The van der Waals surface area contributed by atoms with Gasteiger partial charge < -0.3 is 14.7 Å². The third-order valence-electron chi connectivity index (χ3n) is 7.52. The molecule has 1 aliphatic heterocycles. The molecule has 1 N–H and O–H groups in total. The second-order valence-corrected chi connectivity index (χ2v) is 9.85. The molecular formula is C25H32ClFN2O3. The molecule has 2 heterocycles. The van der Waals surface area contributed by atoms with E-state index in [2.05, 4.69) is 9.88 Å². The van der Waals surface area contributed by atoms with Crippen LogP contribution in [0, 0.1) is 11.3 Å². The van der Waals surface area contributed by atoms with Crippen LogP contribution >= 0.6 is 11.6 Å². The predicted octanol–water partition coefficient (Wildman–Crippen LogP) is 6.04. The second-order valence-electron chi connectivity index (χ2n) is 9.45. The maximum absolute atomic E-state index is 15.5. The number of fused-ring (bicyclic) bond motifs is 1. The minimum absolute atomic E-state index is 0.116. The Morgan fingerprint density at radius 2 is 2.06 bits per heavy atom. The molecular weight excluding hydrogens is 431 g/mol. The number of aliphatic carboxylic acids is 1. The fourth-order valence-corrected chi connectivity index (χ4v) is 5.72. The van der Waals surface area contributed by atoms with Crippen molar-refractivity contribution in [1.29, 1.82) is 0 Å². The number of piperidine rings is 1. The lowest BCUT2D eigenvalue weighted by molar-refractivity contribution is -0.153. The van der Waals surface area contributed by atoms with Crippen LogP contribution in [0.5, 0.6) is 5.75 Å². The van der Waals surface area contributed by atoms with Crippen molar-refractivity contribution in [3.8, 4) is 5.75 Å². The monoisotopic (exact) mass is 462 g/mol. The maximum Gasteiger partial charge on any atom is 0.309 e. The minimum Gasteiger partial charge on any atom is -0.497 e. The van der Waals surface area contributed by atoms with Crippen LogP contribution in [-0.2, 0) is 4.79 Å². The highest BCUT2D eigenvalue weighted by Crippen LogP contribution is 2.42. The average Bonchev–Trinajstić information content (AvgIpc) is 3.31. The van der Waals surface area contributed by atoms with Gasteiger partial charge in [0.15, 0.2) is 0 Å². The summed E-state index contributed by atoms with van der Waals surface area (Å²) in [5, 5.41) is 10.9. The number of likely N-dealkylation sites (tertiary alicyclic amines) is 1. The summed E-state index contributed by atoms with van der Waals surface area (Å²) in [6, 6.07) is 5.29. The molecule has 174 valence electrons. The Morgan fingerprint density at radius 1 is 1.34 bits per heavy atom. The van der Waals surface area contributed by atoms with Crippen LogP contribution in [0.25, 0.3) is 10.9 Å². The number of pyridine rings is 1. The molecule has 1 saturated heterocycles. The SMILES string of the molecule is COc1ccc2ncc(Cl)c([C@@H](F)CCC3(C(=O)O)CCN(CC4CCCC4)CC3)c2c1. The number of halogens is 2. The normalized spacial score (nSPS) is 20.5. The smallest absolute Gasteiger partial charge is 0.309 e. The van der Waals surface area contributed by atoms with E-state index in [0.717, 1.165) is 25.6 Å². The number of rotatable bonds is 8. The van der Waals surface area contributed by atoms with Crippen molar-refractivity contribution >= 4 is 28.5 Å². The Hall–Kier alpha value is -1.92. The standard InChI is InChI=1S/C25H32ClFN2O3/c1-32-18-6-7-22-19(14-18)23(20(26)15-28-22)21(27)8-9-25(24(30)31)10-12-29(13-11-25)16-17-4-2-3-5-17/h6-7,14-15,17,21H,2-5,8-13,16H2,1H3,(H,30,31)/t21-/m0/s1. The zero-order valence-electron chi connectivity index (χ0n) is 18.7. The van der Waals surface area contributed by atoms with Gasteiger partial charge in [0, 0.05) is 23.7 Å². The molecule has 1 aromatic heterocycles. The van der Waals surface area contributed by atoms with Crippen LogP contribution in [0.4, 0.5) is 4.39 Å². The molecule has 0 radical (unpaired) electrons. The highest BCUT2D eigenvalue weighted by molar-refractivity contribution is 6.32. The molecule has 5 nitrogen and oxygen atoms in total. The Bertz CT molecular complexity index is 956. The van der Waals surface area contributed by atoms with Crippen molar-refractivity contribution < 1.29 is 19.0 Å². The molecule has 1 aliphatic carbocycles. The molecule has 0 bridgehead atoms. The van der Waals surface area contributed by atoms with E-state index in [4.69, 9.17) is 16.3 Å². The molecule has 2 aromatic rings. The van der Waals surface area contributed by atoms with Crippen LogP contribution < -0.4 is 4.74 Å². The number of ether oxygens (including phenoxy) is 1. The zero-order chi connectivity index (χ0) is 22.7. The van der Waals surface area contributed by atoms with Crippen LogP contribution in [-0.4, -0.2) is 47.7 Å². The fraction of sp³-hybridized carbons (Fsp3) is 0.600. The molecule has 0 unspecified atom stereocenters. The van der Waals surface area contributed by atoms with Gasteiger partial charge in [-0.05, 0) is 75.7 Å². The molecule has 1 atom stereocenters. The number of alkyl halides is 1. The average molecular weight is 463 g/mol. The first kappa shape index (κ1) is 23.2. The van der Waals surface area contributed by atoms with Gasteiger partial charge in [-0.15, -0.1) is 0 Å². The molecule has 0 amide bonds. The first-order chi connectivity index (χ1) is 15.4. The van der Waals surface area contributed by atoms with Gasteiger partial charge in [0.1, 0.15) is 11.9 Å². The van der Waals surface area contributed by atoms with E-state index in [1.54, 1.807) is 25.3 Å². The van der Waals surface area contributed by atoms with Gasteiger partial charge in [0.05, 0.1) is 23.1 Å². The van der Waals surface area contributed by atoms with E-state index in [9.17, 15) is 9.90 Å². The molecule has 32 heavy (non-hydrogen) atoms. The number of aromatic nitrogens is 1. The maximum atomic E-state index is 15.5. The first-order valence-corrected chi connectivity index (χ1v) is 12.0. The molecule has 2 fully saturated rings. The third kappa shape index (κ3) is 4.86. The minimum atomic E-state index is -1.37.